The lowest BCUT2D eigenvalue weighted by Gasteiger charge is -2.14. The van der Waals surface area contributed by atoms with E-state index in [0.717, 1.165) is 0 Å². The Balaban J connectivity index is 3.58. The van der Waals surface area contributed by atoms with Crippen molar-refractivity contribution < 1.29 is 14.6 Å². The van der Waals surface area contributed by atoms with Crippen LogP contribution in [-0.4, -0.2) is 44.6 Å². The summed E-state index contributed by atoms with van der Waals surface area (Å²) >= 11 is 0. The van der Waals surface area contributed by atoms with Gasteiger partial charge in [-0.2, -0.15) is 0 Å². The molecule has 0 radical (unpaired) electrons. The molecule has 0 saturated carbocycles. The monoisotopic (exact) mass is 162 g/mol. The van der Waals surface area contributed by atoms with Crippen LogP contribution in [0.2, 0.25) is 0 Å². The highest BCUT2D eigenvalue weighted by Crippen LogP contribution is 1.82. The molecule has 0 aromatic rings. The highest BCUT2D eigenvalue weighted by Gasteiger charge is 2.08. The third-order valence-corrected chi connectivity index (χ3v) is 1.15. The zero-order valence-corrected chi connectivity index (χ0v) is 6.76. The molecule has 1 unspecified atom stereocenters. The fourth-order valence-electron chi connectivity index (χ4n) is 0.599. The Labute approximate surface area is 65.7 Å². The van der Waals surface area contributed by atoms with E-state index in [1.165, 1.54) is 14.2 Å². The second kappa shape index (κ2) is 5.94. The topological polar surface area (TPSA) is 70.6 Å². The van der Waals surface area contributed by atoms with Crippen LogP contribution in [0, 0.1) is 0 Å². The van der Waals surface area contributed by atoms with Crippen LogP contribution in [0.15, 0.2) is 0 Å². The van der Waals surface area contributed by atoms with Crippen LogP contribution in [0.3, 0.4) is 0 Å². The van der Waals surface area contributed by atoms with E-state index < -0.39 is 0 Å². The number of methoxy groups -OCH3 is 1. The third-order valence-electron chi connectivity index (χ3n) is 1.15. The van der Waals surface area contributed by atoms with Crippen LogP contribution >= 0.6 is 0 Å². The Bertz CT molecular complexity index is 118. The zero-order chi connectivity index (χ0) is 8.69. The van der Waals surface area contributed by atoms with E-state index in [4.69, 9.17) is 9.84 Å². The SMILES string of the molecule is CNC(=O)NC(CO)COC. The van der Waals surface area contributed by atoms with Gasteiger partial charge in [-0.05, 0) is 0 Å². The maximum atomic E-state index is 10.7. The number of carbonyl (C=O) groups excluding carboxylic acids is 1. The number of amides is 2. The quantitative estimate of drug-likeness (QED) is 0.492. The number of hydrogen-bond acceptors (Lipinski definition) is 3. The molecule has 0 aliphatic carbocycles. The second-order valence-electron chi connectivity index (χ2n) is 2.06. The van der Waals surface area contributed by atoms with Gasteiger partial charge in [0, 0.05) is 14.2 Å². The van der Waals surface area contributed by atoms with Crippen LogP contribution in [0.25, 0.3) is 0 Å². The average molecular weight is 162 g/mol. The number of urea groups is 1. The predicted molar refractivity (Wildman–Crippen MR) is 40.3 cm³/mol. The molecule has 1 atom stereocenters. The third kappa shape index (κ3) is 4.58. The molecule has 0 heterocycles. The smallest absolute Gasteiger partial charge is 0.314 e. The fraction of sp³-hybridized carbons (Fsp3) is 0.833. The lowest BCUT2D eigenvalue weighted by atomic mass is 10.3. The molecule has 0 rings (SSSR count). The van der Waals surface area contributed by atoms with Gasteiger partial charge in [0.05, 0.1) is 19.3 Å². The summed E-state index contributed by atoms with van der Waals surface area (Å²) < 4.78 is 4.74. The molecule has 0 bridgehead atoms. The Morgan fingerprint density at radius 3 is 2.73 bits per heavy atom. The Kier molecular flexibility index (Phi) is 5.50. The molecular weight excluding hydrogens is 148 g/mol. The molecule has 5 heteroatoms. The lowest BCUT2D eigenvalue weighted by molar-refractivity contribution is 0.131. The van der Waals surface area contributed by atoms with Crippen molar-refractivity contribution in [3.05, 3.63) is 0 Å². The largest absolute Gasteiger partial charge is 0.394 e. The molecule has 66 valence electrons. The summed E-state index contributed by atoms with van der Waals surface area (Å²) in [5, 5.41) is 13.5. The normalized spacial score (nSPS) is 12.3. The fourth-order valence-corrected chi connectivity index (χ4v) is 0.599. The van der Waals surface area contributed by atoms with Crippen molar-refractivity contribution in [2.24, 2.45) is 0 Å². The Hall–Kier alpha value is -0.810. The molecule has 0 fully saturated rings. The summed E-state index contributed by atoms with van der Waals surface area (Å²) in [5.74, 6) is 0. The number of carbonyl (C=O) groups is 1. The standard InChI is InChI=1S/C6H14N2O3/c1-7-6(10)8-5(3-9)4-11-2/h5,9H,3-4H2,1-2H3,(H2,7,8,10). The number of aliphatic hydroxyl groups excluding tert-OH is 1. The summed E-state index contributed by atoms with van der Waals surface area (Å²) in [6.45, 7) is 0.186. The first kappa shape index (κ1) is 10.2. The van der Waals surface area contributed by atoms with Crippen LogP contribution in [0.4, 0.5) is 4.79 Å². The molecular formula is C6H14N2O3. The molecule has 0 aromatic heterocycles. The summed E-state index contributed by atoms with van der Waals surface area (Å²) in [6, 6.07) is -0.652. The van der Waals surface area contributed by atoms with E-state index in [0.29, 0.717) is 6.61 Å². The van der Waals surface area contributed by atoms with Crippen LogP contribution in [0.5, 0.6) is 0 Å². The van der Waals surface area contributed by atoms with Gasteiger partial charge in [-0.15, -0.1) is 0 Å². The van der Waals surface area contributed by atoms with E-state index in [1.807, 2.05) is 0 Å². The van der Waals surface area contributed by atoms with Crippen molar-refractivity contribution in [3.63, 3.8) is 0 Å². The van der Waals surface area contributed by atoms with Crippen molar-refractivity contribution in [1.29, 1.82) is 0 Å². The van der Waals surface area contributed by atoms with Crippen LogP contribution in [-0.2, 0) is 4.74 Å². The minimum atomic E-state index is -0.333. The number of nitrogens with one attached hydrogen (secondary N) is 2. The first-order valence-electron chi connectivity index (χ1n) is 3.32. The van der Waals surface area contributed by atoms with Gasteiger partial charge in [0.15, 0.2) is 0 Å². The van der Waals surface area contributed by atoms with E-state index in [2.05, 4.69) is 10.6 Å². The molecule has 0 aliphatic heterocycles. The minimum absolute atomic E-state index is 0.124. The second-order valence-corrected chi connectivity index (χ2v) is 2.06. The highest BCUT2D eigenvalue weighted by molar-refractivity contribution is 5.73. The molecule has 0 spiro atoms. The Morgan fingerprint density at radius 1 is 1.73 bits per heavy atom. The summed E-state index contributed by atoms with van der Waals surface area (Å²) in [6.07, 6.45) is 0. The van der Waals surface area contributed by atoms with Gasteiger partial charge in [-0.25, -0.2) is 4.79 Å². The average Bonchev–Trinajstić information content (AvgIpc) is 2.03. The molecule has 0 aromatic carbocycles. The van der Waals surface area contributed by atoms with Crippen molar-refractivity contribution in [3.8, 4) is 0 Å². The van der Waals surface area contributed by atoms with Gasteiger partial charge in [0.2, 0.25) is 0 Å². The molecule has 5 nitrogen and oxygen atoms in total. The van der Waals surface area contributed by atoms with Gasteiger partial charge in [-0.1, -0.05) is 0 Å². The first-order valence-corrected chi connectivity index (χ1v) is 3.32. The molecule has 0 saturated heterocycles. The highest BCUT2D eigenvalue weighted by atomic mass is 16.5. The van der Waals surface area contributed by atoms with Gasteiger partial charge in [-0.3, -0.25) is 0 Å². The van der Waals surface area contributed by atoms with E-state index in [-0.39, 0.29) is 18.7 Å². The van der Waals surface area contributed by atoms with E-state index >= 15 is 0 Å². The molecule has 2 amide bonds. The lowest BCUT2D eigenvalue weighted by Crippen LogP contribution is -2.44. The Morgan fingerprint density at radius 2 is 2.36 bits per heavy atom. The van der Waals surface area contributed by atoms with Gasteiger partial charge < -0.3 is 20.5 Å². The number of aliphatic hydroxyl groups is 1. The van der Waals surface area contributed by atoms with Crippen molar-refractivity contribution in [1.82, 2.24) is 10.6 Å². The minimum Gasteiger partial charge on any atom is -0.394 e. The van der Waals surface area contributed by atoms with Crippen molar-refractivity contribution >= 4 is 6.03 Å². The van der Waals surface area contributed by atoms with Crippen LogP contribution in [0.1, 0.15) is 0 Å². The predicted octanol–water partition coefficient (Wildman–Crippen LogP) is -1.08. The van der Waals surface area contributed by atoms with Gasteiger partial charge >= 0.3 is 6.03 Å². The summed E-state index contributed by atoms with van der Waals surface area (Å²) in [7, 11) is 3.02. The van der Waals surface area contributed by atoms with Crippen molar-refractivity contribution in [2.45, 2.75) is 6.04 Å². The van der Waals surface area contributed by atoms with Gasteiger partial charge in [0.25, 0.3) is 0 Å². The maximum absolute atomic E-state index is 10.7. The van der Waals surface area contributed by atoms with E-state index in [9.17, 15) is 4.79 Å². The summed E-state index contributed by atoms with van der Waals surface area (Å²) in [5.41, 5.74) is 0. The molecule has 11 heavy (non-hydrogen) atoms. The first-order chi connectivity index (χ1) is 5.24. The molecule has 0 aliphatic rings. The van der Waals surface area contributed by atoms with Crippen molar-refractivity contribution in [2.75, 3.05) is 27.4 Å². The number of ether oxygens (including phenoxy) is 1. The molecule has 3 N–H and O–H groups in total. The number of rotatable bonds is 4. The van der Waals surface area contributed by atoms with Crippen LogP contribution < -0.4 is 10.6 Å². The maximum Gasteiger partial charge on any atom is 0.314 e. The number of hydrogen-bond donors (Lipinski definition) is 3. The van der Waals surface area contributed by atoms with E-state index in [1.54, 1.807) is 0 Å². The summed E-state index contributed by atoms with van der Waals surface area (Å²) in [4.78, 5) is 10.7. The zero-order valence-electron chi connectivity index (χ0n) is 6.76. The van der Waals surface area contributed by atoms with Gasteiger partial charge in [0.1, 0.15) is 0 Å².